The molecular formula is C6H7O3. The molecular weight excluding hydrogens is 120 g/mol. The van der Waals surface area contributed by atoms with E-state index in [0.717, 1.165) is 0 Å². The van der Waals surface area contributed by atoms with Crippen LogP contribution >= 0.6 is 0 Å². The van der Waals surface area contributed by atoms with Gasteiger partial charge in [-0.2, -0.15) is 0 Å². The van der Waals surface area contributed by atoms with E-state index in [-0.39, 0.29) is 12.0 Å². The van der Waals surface area contributed by atoms with Gasteiger partial charge in [0, 0.05) is 12.0 Å². The van der Waals surface area contributed by atoms with Crippen LogP contribution in [0.1, 0.15) is 13.3 Å². The summed E-state index contributed by atoms with van der Waals surface area (Å²) in [7, 11) is 0. The maximum Gasteiger partial charge on any atom is 0.330 e. The van der Waals surface area contributed by atoms with Gasteiger partial charge in [-0.3, -0.25) is 4.79 Å². The molecule has 0 saturated heterocycles. The van der Waals surface area contributed by atoms with Crippen molar-refractivity contribution in [2.24, 2.45) is 0 Å². The quantitative estimate of drug-likeness (QED) is 0.562. The summed E-state index contributed by atoms with van der Waals surface area (Å²) in [5, 5.41) is 8.21. The van der Waals surface area contributed by atoms with Crippen LogP contribution in [0.25, 0.3) is 0 Å². The molecule has 0 aromatic rings. The Morgan fingerprint density at radius 3 is 2.67 bits per heavy atom. The van der Waals surface area contributed by atoms with Crippen molar-refractivity contribution in [3.05, 3.63) is 11.6 Å². The van der Waals surface area contributed by atoms with Crippen LogP contribution in [0.15, 0.2) is 11.6 Å². The summed E-state index contributed by atoms with van der Waals surface area (Å²) in [6, 6.07) is 0. The number of carboxylic acid groups (broad SMARTS) is 1. The van der Waals surface area contributed by atoms with E-state index in [9.17, 15) is 9.59 Å². The van der Waals surface area contributed by atoms with Crippen LogP contribution in [-0.2, 0) is 9.59 Å². The van der Waals surface area contributed by atoms with E-state index in [1.807, 2.05) is 0 Å². The Bertz CT molecular complexity index is 146. The summed E-state index contributed by atoms with van der Waals surface area (Å²) in [5.41, 5.74) is 0.179. The first-order chi connectivity index (χ1) is 4.18. The molecule has 1 N–H and O–H groups in total. The number of hydrogen-bond acceptors (Lipinski definition) is 2. The average Bonchev–Trinajstić information content (AvgIpc) is 1.82. The van der Waals surface area contributed by atoms with E-state index in [0.29, 0.717) is 0 Å². The van der Waals surface area contributed by atoms with Crippen LogP contribution in [0.5, 0.6) is 0 Å². The minimum atomic E-state index is -0.995. The summed E-state index contributed by atoms with van der Waals surface area (Å²) in [6.45, 7) is 1.43. The molecule has 9 heavy (non-hydrogen) atoms. The fourth-order valence-corrected chi connectivity index (χ4v) is 0.282. The molecule has 0 fully saturated rings. The molecule has 0 aliphatic rings. The largest absolute Gasteiger partial charge is 0.478 e. The first kappa shape index (κ1) is 7.88. The van der Waals surface area contributed by atoms with Crippen molar-refractivity contribution in [3.8, 4) is 0 Å². The number of hydrogen-bond donors (Lipinski definition) is 1. The highest BCUT2D eigenvalue weighted by atomic mass is 16.4. The fraction of sp³-hybridized carbons (Fsp3) is 0.333. The monoisotopic (exact) mass is 127 g/mol. The molecule has 0 aliphatic carbocycles. The molecule has 0 aromatic carbocycles. The van der Waals surface area contributed by atoms with Gasteiger partial charge >= 0.3 is 5.97 Å². The van der Waals surface area contributed by atoms with E-state index < -0.39 is 5.97 Å². The van der Waals surface area contributed by atoms with E-state index >= 15 is 0 Å². The second kappa shape index (κ2) is 3.83. The Labute approximate surface area is 53.0 Å². The van der Waals surface area contributed by atoms with Gasteiger partial charge in [0.05, 0.1) is 0 Å². The first-order valence-corrected chi connectivity index (χ1v) is 2.43. The lowest BCUT2D eigenvalue weighted by atomic mass is 10.2. The number of aliphatic carboxylic acids is 1. The number of rotatable bonds is 3. The molecule has 0 unspecified atom stereocenters. The van der Waals surface area contributed by atoms with E-state index in [1.165, 1.54) is 13.0 Å². The lowest BCUT2D eigenvalue weighted by Crippen LogP contribution is -1.95. The van der Waals surface area contributed by atoms with Gasteiger partial charge in [0.15, 0.2) is 0 Å². The Hall–Kier alpha value is -1.12. The van der Waals surface area contributed by atoms with Crippen LogP contribution in [0.2, 0.25) is 0 Å². The normalized spacial score (nSPS) is 11.0. The van der Waals surface area contributed by atoms with Crippen molar-refractivity contribution in [1.82, 2.24) is 0 Å². The summed E-state index contributed by atoms with van der Waals surface area (Å²) in [4.78, 5) is 19.6. The molecule has 49 valence electrons. The van der Waals surface area contributed by atoms with Gasteiger partial charge in [0.25, 0.3) is 0 Å². The molecule has 0 bridgehead atoms. The highest BCUT2D eigenvalue weighted by Crippen LogP contribution is 1.92. The van der Waals surface area contributed by atoms with Gasteiger partial charge < -0.3 is 5.11 Å². The van der Waals surface area contributed by atoms with Crippen molar-refractivity contribution < 1.29 is 14.7 Å². The summed E-state index contributed by atoms with van der Waals surface area (Å²) >= 11 is 0. The predicted octanol–water partition coefficient (Wildman–Crippen LogP) is 0.517. The molecule has 1 radical (unpaired) electrons. The zero-order valence-corrected chi connectivity index (χ0v) is 5.05. The molecule has 0 aliphatic heterocycles. The van der Waals surface area contributed by atoms with Crippen LogP contribution in [0, 0.1) is 0 Å². The minimum absolute atomic E-state index is 0.0537. The third kappa shape index (κ3) is 3.46. The molecule has 3 heteroatoms. The predicted molar refractivity (Wildman–Crippen MR) is 31.7 cm³/mol. The van der Waals surface area contributed by atoms with Crippen molar-refractivity contribution in [2.45, 2.75) is 13.3 Å². The molecule has 0 spiro atoms. The van der Waals surface area contributed by atoms with Crippen molar-refractivity contribution >= 4 is 12.3 Å². The summed E-state index contributed by atoms with van der Waals surface area (Å²) < 4.78 is 0. The van der Waals surface area contributed by atoms with Crippen molar-refractivity contribution in [2.75, 3.05) is 0 Å². The van der Waals surface area contributed by atoms with Gasteiger partial charge in [-0.15, -0.1) is 0 Å². The first-order valence-electron chi connectivity index (χ1n) is 2.43. The molecule has 0 aromatic heterocycles. The zero-order chi connectivity index (χ0) is 7.28. The lowest BCUT2D eigenvalue weighted by Gasteiger charge is -1.86. The number of carbonyl (C=O) groups excluding carboxylic acids is 1. The highest BCUT2D eigenvalue weighted by Gasteiger charge is 1.96. The third-order valence-corrected chi connectivity index (χ3v) is 0.829. The Balaban J connectivity index is 3.83. The van der Waals surface area contributed by atoms with Gasteiger partial charge in [-0.25, -0.2) is 4.79 Å². The van der Waals surface area contributed by atoms with Crippen molar-refractivity contribution in [1.29, 1.82) is 0 Å². The maximum atomic E-state index is 10.0. The fourth-order valence-electron chi connectivity index (χ4n) is 0.282. The number of carbonyl (C=O) groups is 1. The van der Waals surface area contributed by atoms with Gasteiger partial charge in [-0.1, -0.05) is 6.08 Å². The summed E-state index contributed by atoms with van der Waals surface area (Å²) in [6.07, 6.45) is 2.93. The molecule has 0 saturated carbocycles. The SMILES string of the molecule is CC(=CC[C]=O)C(=O)O. The second-order valence-electron chi connectivity index (χ2n) is 1.54. The zero-order valence-electron chi connectivity index (χ0n) is 5.05. The molecule has 0 amide bonds. The van der Waals surface area contributed by atoms with Crippen LogP contribution in [0.3, 0.4) is 0 Å². The smallest absolute Gasteiger partial charge is 0.330 e. The highest BCUT2D eigenvalue weighted by molar-refractivity contribution is 5.86. The van der Waals surface area contributed by atoms with Crippen molar-refractivity contribution in [3.63, 3.8) is 0 Å². The van der Waals surface area contributed by atoms with Gasteiger partial charge in [0.2, 0.25) is 6.29 Å². The molecule has 0 rings (SSSR count). The Morgan fingerprint density at radius 2 is 2.33 bits per heavy atom. The van der Waals surface area contributed by atoms with E-state index in [1.54, 1.807) is 6.29 Å². The van der Waals surface area contributed by atoms with Gasteiger partial charge in [-0.05, 0) is 6.92 Å². The number of carboxylic acids is 1. The Morgan fingerprint density at radius 1 is 1.78 bits per heavy atom. The molecule has 3 nitrogen and oxygen atoms in total. The van der Waals surface area contributed by atoms with Gasteiger partial charge in [0.1, 0.15) is 0 Å². The standard InChI is InChI=1S/C6H7O3/c1-5(6(8)9)3-2-4-7/h3H,2H2,1H3,(H,8,9). The third-order valence-electron chi connectivity index (χ3n) is 0.829. The lowest BCUT2D eigenvalue weighted by molar-refractivity contribution is -0.132. The summed E-state index contributed by atoms with van der Waals surface area (Å²) in [5.74, 6) is -0.995. The minimum Gasteiger partial charge on any atom is -0.478 e. The topological polar surface area (TPSA) is 54.4 Å². The molecule has 0 atom stereocenters. The van der Waals surface area contributed by atoms with Crippen LogP contribution in [0.4, 0.5) is 0 Å². The maximum absolute atomic E-state index is 10.0. The Kier molecular flexibility index (Phi) is 3.35. The molecule has 0 heterocycles. The van der Waals surface area contributed by atoms with Crippen LogP contribution < -0.4 is 0 Å². The van der Waals surface area contributed by atoms with E-state index in [2.05, 4.69) is 0 Å². The average molecular weight is 127 g/mol. The second-order valence-corrected chi connectivity index (χ2v) is 1.54. The number of allylic oxidation sites excluding steroid dienone is 1. The van der Waals surface area contributed by atoms with E-state index in [4.69, 9.17) is 5.11 Å². The van der Waals surface area contributed by atoms with Crippen LogP contribution in [-0.4, -0.2) is 17.4 Å².